The molecule has 2 aliphatic rings. The molecule has 0 aliphatic carbocycles. The molecular weight excluding hydrogens is 340 g/mol. The largest absolute Gasteiger partial charge is 0.393 e. The summed E-state index contributed by atoms with van der Waals surface area (Å²) in [5.74, 6) is 0. The van der Waals surface area contributed by atoms with Crippen LogP contribution in [0.2, 0.25) is 5.02 Å². The molecule has 3 rings (SSSR count). The second-order valence-corrected chi connectivity index (χ2v) is 6.88. The number of aromatic nitrogens is 1. The van der Waals surface area contributed by atoms with E-state index in [2.05, 4.69) is 11.1 Å². The summed E-state index contributed by atoms with van der Waals surface area (Å²) in [7, 11) is 0. The number of carbonyl (C=O) groups excluding carboxylic acids is 1. The Morgan fingerprint density at radius 3 is 2.40 bits per heavy atom. The summed E-state index contributed by atoms with van der Waals surface area (Å²) in [6, 6.07) is 5.77. The van der Waals surface area contributed by atoms with Crippen LogP contribution in [0.3, 0.4) is 0 Å². The Morgan fingerprint density at radius 1 is 1.20 bits per heavy atom. The number of amides is 2. The van der Waals surface area contributed by atoms with Crippen LogP contribution in [-0.4, -0.2) is 58.2 Å². The fourth-order valence-corrected chi connectivity index (χ4v) is 3.43. The van der Waals surface area contributed by atoms with E-state index < -0.39 is 0 Å². The van der Waals surface area contributed by atoms with Crippen molar-refractivity contribution in [3.05, 3.63) is 34.6 Å². The lowest BCUT2D eigenvalue weighted by Crippen LogP contribution is -2.49. The van der Waals surface area contributed by atoms with Crippen LogP contribution in [-0.2, 0) is 0 Å². The standard InChI is InChI=1S/C18H21ClN4O2/c19-14-1-2-17(21-12-14)16(11-20)13-3-7-22(8-4-13)18(25)23-9-5-15(24)6-10-23/h1-2,12,15,24H,3-10H2. The van der Waals surface area contributed by atoms with Gasteiger partial charge in [0.1, 0.15) is 6.07 Å². The quantitative estimate of drug-likeness (QED) is 0.781. The molecule has 2 fully saturated rings. The SMILES string of the molecule is N#CC(=C1CCN(C(=O)N2CCC(O)CC2)CC1)c1ccc(Cl)cn1. The third-order valence-electron chi connectivity index (χ3n) is 4.82. The zero-order valence-electron chi connectivity index (χ0n) is 14.0. The fraction of sp³-hybridized carbons (Fsp3) is 0.500. The molecule has 25 heavy (non-hydrogen) atoms. The number of aliphatic hydroxyl groups is 1. The number of pyridine rings is 1. The molecule has 0 spiro atoms. The van der Waals surface area contributed by atoms with E-state index in [0.29, 0.717) is 68.2 Å². The maximum atomic E-state index is 12.6. The van der Waals surface area contributed by atoms with E-state index in [1.54, 1.807) is 12.1 Å². The summed E-state index contributed by atoms with van der Waals surface area (Å²) in [4.78, 5) is 20.5. The van der Waals surface area contributed by atoms with Crippen molar-refractivity contribution in [1.29, 1.82) is 5.26 Å². The molecule has 0 aromatic carbocycles. The number of piperidine rings is 2. The van der Waals surface area contributed by atoms with Crippen LogP contribution in [0.5, 0.6) is 0 Å². The highest BCUT2D eigenvalue weighted by Crippen LogP contribution is 2.26. The molecule has 0 saturated carbocycles. The number of nitrogens with zero attached hydrogens (tertiary/aromatic N) is 4. The van der Waals surface area contributed by atoms with Crippen molar-refractivity contribution in [1.82, 2.24) is 14.8 Å². The maximum Gasteiger partial charge on any atom is 0.320 e. The van der Waals surface area contributed by atoms with Gasteiger partial charge in [0.15, 0.2) is 0 Å². The van der Waals surface area contributed by atoms with Crippen molar-refractivity contribution in [3.63, 3.8) is 0 Å². The number of hydrogen-bond acceptors (Lipinski definition) is 4. The molecular formula is C18H21ClN4O2. The molecule has 6 nitrogen and oxygen atoms in total. The van der Waals surface area contributed by atoms with Crippen LogP contribution in [0.25, 0.3) is 5.57 Å². The van der Waals surface area contributed by atoms with Gasteiger partial charge in [-0.1, -0.05) is 11.6 Å². The highest BCUT2D eigenvalue weighted by atomic mass is 35.5. The molecule has 2 saturated heterocycles. The normalized spacial score (nSPS) is 18.8. The second-order valence-electron chi connectivity index (χ2n) is 6.44. The Bertz CT molecular complexity index is 693. The Morgan fingerprint density at radius 2 is 1.84 bits per heavy atom. The second kappa shape index (κ2) is 7.85. The van der Waals surface area contributed by atoms with Gasteiger partial charge < -0.3 is 14.9 Å². The van der Waals surface area contributed by atoms with Gasteiger partial charge in [-0.3, -0.25) is 4.98 Å². The van der Waals surface area contributed by atoms with Gasteiger partial charge in [-0.05, 0) is 43.4 Å². The van der Waals surface area contributed by atoms with Crippen molar-refractivity contribution >= 4 is 23.2 Å². The third kappa shape index (κ3) is 4.12. The Balaban J connectivity index is 1.65. The number of likely N-dealkylation sites (tertiary alicyclic amines) is 2. The summed E-state index contributed by atoms with van der Waals surface area (Å²) in [5.41, 5.74) is 2.26. The summed E-state index contributed by atoms with van der Waals surface area (Å²) in [5, 5.41) is 19.6. The van der Waals surface area contributed by atoms with Crippen molar-refractivity contribution in [2.24, 2.45) is 0 Å². The minimum absolute atomic E-state index is 0.0362. The first-order chi connectivity index (χ1) is 12.1. The number of allylic oxidation sites excluding steroid dienone is 1. The van der Waals surface area contributed by atoms with Crippen molar-refractivity contribution < 1.29 is 9.90 Å². The van der Waals surface area contributed by atoms with E-state index in [-0.39, 0.29) is 12.1 Å². The number of urea groups is 1. The predicted octanol–water partition coefficient (Wildman–Crippen LogP) is 2.68. The van der Waals surface area contributed by atoms with Gasteiger partial charge in [0.05, 0.1) is 22.4 Å². The zero-order chi connectivity index (χ0) is 17.8. The average molecular weight is 361 g/mol. The number of rotatable bonds is 1. The summed E-state index contributed by atoms with van der Waals surface area (Å²) in [6.07, 6.45) is 3.89. The number of nitriles is 1. The van der Waals surface area contributed by atoms with Gasteiger partial charge in [0.25, 0.3) is 0 Å². The molecule has 7 heteroatoms. The number of hydrogen-bond donors (Lipinski definition) is 1. The summed E-state index contributed by atoms with van der Waals surface area (Å²) < 4.78 is 0. The van der Waals surface area contributed by atoms with Crippen LogP contribution < -0.4 is 0 Å². The minimum Gasteiger partial charge on any atom is -0.393 e. The Hall–Kier alpha value is -2.10. The van der Waals surface area contributed by atoms with Crippen LogP contribution in [0.15, 0.2) is 23.9 Å². The number of aliphatic hydroxyl groups excluding tert-OH is 1. The zero-order valence-corrected chi connectivity index (χ0v) is 14.7. The maximum absolute atomic E-state index is 12.6. The smallest absolute Gasteiger partial charge is 0.320 e. The van der Waals surface area contributed by atoms with Gasteiger partial charge in [0, 0.05) is 32.4 Å². The van der Waals surface area contributed by atoms with E-state index in [1.807, 2.05) is 9.80 Å². The predicted molar refractivity (Wildman–Crippen MR) is 94.8 cm³/mol. The van der Waals surface area contributed by atoms with Crippen LogP contribution in [0, 0.1) is 11.3 Å². The molecule has 2 amide bonds. The van der Waals surface area contributed by atoms with Gasteiger partial charge in [-0.15, -0.1) is 0 Å². The van der Waals surface area contributed by atoms with E-state index in [4.69, 9.17) is 11.6 Å². The molecule has 1 N–H and O–H groups in total. The summed E-state index contributed by atoms with van der Waals surface area (Å²) >= 11 is 5.86. The van der Waals surface area contributed by atoms with Gasteiger partial charge in [-0.25, -0.2) is 4.79 Å². The molecule has 1 aromatic rings. The van der Waals surface area contributed by atoms with E-state index in [9.17, 15) is 15.2 Å². The fourth-order valence-electron chi connectivity index (χ4n) is 3.32. The molecule has 3 heterocycles. The van der Waals surface area contributed by atoms with Gasteiger partial charge in [-0.2, -0.15) is 5.26 Å². The molecule has 0 radical (unpaired) electrons. The molecule has 1 aromatic heterocycles. The summed E-state index contributed by atoms with van der Waals surface area (Å²) in [6.45, 7) is 2.42. The van der Waals surface area contributed by atoms with Crippen LogP contribution in [0.4, 0.5) is 4.79 Å². The van der Waals surface area contributed by atoms with Crippen molar-refractivity contribution in [2.75, 3.05) is 26.2 Å². The average Bonchev–Trinajstić information content (AvgIpc) is 2.64. The first kappa shape index (κ1) is 17.7. The molecule has 0 atom stereocenters. The Kier molecular flexibility index (Phi) is 5.57. The number of carbonyl (C=O) groups is 1. The Labute approximate surface area is 152 Å². The molecule has 0 unspecified atom stereocenters. The van der Waals surface area contributed by atoms with Crippen LogP contribution >= 0.6 is 11.6 Å². The minimum atomic E-state index is -0.287. The van der Waals surface area contributed by atoms with E-state index >= 15 is 0 Å². The van der Waals surface area contributed by atoms with Crippen molar-refractivity contribution in [3.8, 4) is 6.07 Å². The molecule has 0 bridgehead atoms. The lowest BCUT2D eigenvalue weighted by Gasteiger charge is -2.36. The van der Waals surface area contributed by atoms with Gasteiger partial charge >= 0.3 is 6.03 Å². The lowest BCUT2D eigenvalue weighted by molar-refractivity contribution is 0.0803. The lowest BCUT2D eigenvalue weighted by atomic mass is 9.96. The topological polar surface area (TPSA) is 80.5 Å². The highest BCUT2D eigenvalue weighted by Gasteiger charge is 2.28. The third-order valence-corrected chi connectivity index (χ3v) is 5.04. The van der Waals surface area contributed by atoms with Gasteiger partial charge in [0.2, 0.25) is 0 Å². The number of halogens is 1. The first-order valence-corrected chi connectivity index (χ1v) is 8.92. The van der Waals surface area contributed by atoms with Crippen molar-refractivity contribution in [2.45, 2.75) is 31.8 Å². The highest BCUT2D eigenvalue weighted by molar-refractivity contribution is 6.30. The molecule has 2 aliphatic heterocycles. The van der Waals surface area contributed by atoms with E-state index in [0.717, 1.165) is 5.57 Å². The van der Waals surface area contributed by atoms with E-state index in [1.165, 1.54) is 6.20 Å². The first-order valence-electron chi connectivity index (χ1n) is 8.54. The molecule has 132 valence electrons. The monoisotopic (exact) mass is 360 g/mol. The van der Waals surface area contributed by atoms with Crippen LogP contribution in [0.1, 0.15) is 31.4 Å².